The second kappa shape index (κ2) is 13.2. The Balaban J connectivity index is 1.91. The molecule has 1 N–H and O–H groups in total. The number of amides is 2. The highest BCUT2D eigenvalue weighted by Crippen LogP contribution is 2.30. The molecule has 0 aliphatic rings. The fraction of sp³-hybridized carbons (Fsp3) is 0.310. The maximum atomic E-state index is 13.6. The predicted molar refractivity (Wildman–Crippen MR) is 144 cm³/mol. The Labute approximate surface area is 222 Å². The third-order valence-electron chi connectivity index (χ3n) is 5.85. The second-order valence-electron chi connectivity index (χ2n) is 9.26. The van der Waals surface area contributed by atoms with Gasteiger partial charge in [-0.1, -0.05) is 60.2 Å². The van der Waals surface area contributed by atoms with Crippen LogP contribution in [0.25, 0.3) is 0 Å². The lowest BCUT2D eigenvalue weighted by Crippen LogP contribution is -2.52. The van der Waals surface area contributed by atoms with Gasteiger partial charge in [0.2, 0.25) is 11.7 Å². The number of carbonyl (C=O) groups excluding carboxylic acids is 2. The normalized spacial score (nSPS) is 11.5. The van der Waals surface area contributed by atoms with Crippen molar-refractivity contribution in [1.29, 1.82) is 0 Å². The zero-order valence-corrected chi connectivity index (χ0v) is 22.0. The zero-order valence-electron chi connectivity index (χ0n) is 22.0. The van der Waals surface area contributed by atoms with Crippen molar-refractivity contribution in [2.75, 3.05) is 13.7 Å². The summed E-state index contributed by atoms with van der Waals surface area (Å²) >= 11 is 0. The molecule has 0 bridgehead atoms. The van der Waals surface area contributed by atoms with Gasteiger partial charge in [0.15, 0.2) is 6.61 Å². The maximum Gasteiger partial charge on any atom is 0.311 e. The van der Waals surface area contributed by atoms with Crippen LogP contribution in [0.4, 0.5) is 5.69 Å². The fourth-order valence-electron chi connectivity index (χ4n) is 4.07. The van der Waals surface area contributed by atoms with Crippen molar-refractivity contribution in [3.8, 4) is 11.5 Å². The van der Waals surface area contributed by atoms with E-state index in [0.29, 0.717) is 6.42 Å². The first-order valence-corrected chi connectivity index (χ1v) is 12.3. The van der Waals surface area contributed by atoms with Gasteiger partial charge in [0.1, 0.15) is 11.8 Å². The molecule has 0 heterocycles. The third-order valence-corrected chi connectivity index (χ3v) is 5.85. The van der Waals surface area contributed by atoms with Crippen LogP contribution >= 0.6 is 0 Å². The van der Waals surface area contributed by atoms with Gasteiger partial charge in [-0.25, -0.2) is 0 Å². The predicted octanol–water partition coefficient (Wildman–Crippen LogP) is 4.46. The van der Waals surface area contributed by atoms with Gasteiger partial charge >= 0.3 is 5.69 Å². The first kappa shape index (κ1) is 28.2. The Bertz CT molecular complexity index is 1260. The van der Waals surface area contributed by atoms with Crippen molar-refractivity contribution in [3.05, 3.63) is 99.6 Å². The summed E-state index contributed by atoms with van der Waals surface area (Å²) in [5.41, 5.74) is 2.63. The van der Waals surface area contributed by atoms with Gasteiger partial charge in [0.05, 0.1) is 12.0 Å². The van der Waals surface area contributed by atoms with E-state index in [2.05, 4.69) is 5.32 Å². The smallest absolute Gasteiger partial charge is 0.311 e. The second-order valence-corrected chi connectivity index (χ2v) is 9.26. The van der Waals surface area contributed by atoms with E-state index in [1.165, 1.54) is 30.2 Å². The maximum absolute atomic E-state index is 13.6. The van der Waals surface area contributed by atoms with Crippen molar-refractivity contribution in [1.82, 2.24) is 10.2 Å². The lowest BCUT2D eigenvalue weighted by Gasteiger charge is -2.32. The number of rotatable bonds is 12. The van der Waals surface area contributed by atoms with Crippen molar-refractivity contribution in [2.24, 2.45) is 0 Å². The molecule has 0 aliphatic carbocycles. The third kappa shape index (κ3) is 7.80. The summed E-state index contributed by atoms with van der Waals surface area (Å²) in [5.74, 6) is -0.400. The summed E-state index contributed by atoms with van der Waals surface area (Å²) in [5, 5.41) is 14.1. The topological polar surface area (TPSA) is 111 Å². The molecule has 200 valence electrons. The highest BCUT2D eigenvalue weighted by molar-refractivity contribution is 5.88. The average molecular weight is 520 g/mol. The highest BCUT2D eigenvalue weighted by Gasteiger charge is 2.31. The molecule has 1 atom stereocenters. The monoisotopic (exact) mass is 519 g/mol. The van der Waals surface area contributed by atoms with Crippen LogP contribution in [0.1, 0.15) is 30.5 Å². The zero-order chi connectivity index (χ0) is 27.7. The molecule has 1 unspecified atom stereocenters. The van der Waals surface area contributed by atoms with E-state index in [4.69, 9.17) is 9.47 Å². The van der Waals surface area contributed by atoms with Gasteiger partial charge < -0.3 is 19.7 Å². The molecule has 0 saturated heterocycles. The van der Waals surface area contributed by atoms with Gasteiger partial charge in [-0.15, -0.1) is 0 Å². The number of hydrogen-bond donors (Lipinski definition) is 1. The van der Waals surface area contributed by atoms with E-state index < -0.39 is 16.9 Å². The molecule has 3 rings (SSSR count). The van der Waals surface area contributed by atoms with Crippen LogP contribution in [0, 0.1) is 17.0 Å². The van der Waals surface area contributed by atoms with Crippen molar-refractivity contribution in [2.45, 2.75) is 45.8 Å². The lowest BCUT2D eigenvalue weighted by atomic mass is 10.0. The largest absolute Gasteiger partial charge is 0.490 e. The molecule has 0 aliphatic heterocycles. The summed E-state index contributed by atoms with van der Waals surface area (Å²) < 4.78 is 10.8. The van der Waals surface area contributed by atoms with Gasteiger partial charge in [-0.2, -0.15) is 0 Å². The Morgan fingerprint density at radius 3 is 2.34 bits per heavy atom. The summed E-state index contributed by atoms with van der Waals surface area (Å²) in [7, 11) is 1.32. The molecule has 9 heteroatoms. The molecule has 0 spiro atoms. The number of hydrogen-bond acceptors (Lipinski definition) is 6. The number of nitrogens with zero attached hydrogens (tertiary/aromatic N) is 2. The van der Waals surface area contributed by atoms with Gasteiger partial charge in [0, 0.05) is 31.1 Å². The molecule has 0 saturated carbocycles. The van der Waals surface area contributed by atoms with Crippen LogP contribution in [-0.2, 0) is 22.6 Å². The molecule has 0 radical (unpaired) electrons. The van der Waals surface area contributed by atoms with Crippen molar-refractivity contribution < 1.29 is 24.0 Å². The van der Waals surface area contributed by atoms with Crippen LogP contribution in [0.3, 0.4) is 0 Å². The molecule has 3 aromatic carbocycles. The fourth-order valence-corrected chi connectivity index (χ4v) is 4.07. The number of benzene rings is 3. The summed E-state index contributed by atoms with van der Waals surface area (Å²) in [4.78, 5) is 39.2. The molecule has 9 nitrogen and oxygen atoms in total. The van der Waals surface area contributed by atoms with E-state index in [1.54, 1.807) is 0 Å². The molecule has 0 fully saturated rings. The molecule has 2 amide bonds. The molecule has 38 heavy (non-hydrogen) atoms. The summed E-state index contributed by atoms with van der Waals surface area (Å²) in [6.07, 6.45) is 0.322. The Kier molecular flexibility index (Phi) is 9.81. The van der Waals surface area contributed by atoms with Crippen LogP contribution in [0.2, 0.25) is 0 Å². The first-order valence-electron chi connectivity index (χ1n) is 12.3. The standard InChI is InChI=1S/C29H33N3O6/c1-20(2)30-29(34)26(16-22-10-6-5-7-11-22)31(18-23-12-8-9-21(3)15-23)28(33)19-38-24-13-14-25(32(35)36)27(17-24)37-4/h5-15,17,20,26H,16,18-19H2,1-4H3,(H,30,34). The minimum Gasteiger partial charge on any atom is -0.490 e. The van der Waals surface area contributed by atoms with Crippen LogP contribution in [0.5, 0.6) is 11.5 Å². The SMILES string of the molecule is COc1cc(OCC(=O)N(Cc2cccc(C)c2)C(Cc2ccccc2)C(=O)NC(C)C)ccc1[N+](=O)[O-]. The number of nitro groups is 1. The van der Waals surface area contributed by atoms with Crippen molar-refractivity contribution in [3.63, 3.8) is 0 Å². The van der Waals surface area contributed by atoms with E-state index in [0.717, 1.165) is 16.7 Å². The number of nitro benzene ring substituents is 1. The quantitative estimate of drug-likeness (QED) is 0.280. The van der Waals surface area contributed by atoms with E-state index in [1.807, 2.05) is 75.4 Å². The molecule has 0 aromatic heterocycles. The Hall–Kier alpha value is -4.40. The minimum atomic E-state index is -0.789. The first-order chi connectivity index (χ1) is 18.2. The number of aryl methyl sites for hydroxylation is 1. The van der Waals surface area contributed by atoms with Crippen molar-refractivity contribution >= 4 is 17.5 Å². The lowest BCUT2D eigenvalue weighted by molar-refractivity contribution is -0.385. The summed E-state index contributed by atoms with van der Waals surface area (Å²) in [6.45, 7) is 5.54. The van der Waals surface area contributed by atoms with Crippen LogP contribution in [0.15, 0.2) is 72.8 Å². The highest BCUT2D eigenvalue weighted by atomic mass is 16.6. The number of carbonyl (C=O) groups is 2. The van der Waals surface area contributed by atoms with Gasteiger partial charge in [0.25, 0.3) is 5.91 Å². The molecular weight excluding hydrogens is 486 g/mol. The minimum absolute atomic E-state index is 0.0230. The Morgan fingerprint density at radius 2 is 1.71 bits per heavy atom. The van der Waals surface area contributed by atoms with E-state index in [-0.39, 0.29) is 42.3 Å². The number of methoxy groups -OCH3 is 1. The van der Waals surface area contributed by atoms with Crippen LogP contribution < -0.4 is 14.8 Å². The van der Waals surface area contributed by atoms with E-state index in [9.17, 15) is 19.7 Å². The molecular formula is C29H33N3O6. The van der Waals surface area contributed by atoms with Gasteiger partial charge in [-0.3, -0.25) is 19.7 Å². The average Bonchev–Trinajstić information content (AvgIpc) is 2.89. The number of ether oxygens (including phenoxy) is 2. The van der Waals surface area contributed by atoms with Gasteiger partial charge in [-0.05, 0) is 38.0 Å². The molecule has 3 aromatic rings. The Morgan fingerprint density at radius 1 is 1.00 bits per heavy atom. The van der Waals surface area contributed by atoms with E-state index >= 15 is 0 Å². The number of nitrogens with one attached hydrogen (secondary N) is 1. The van der Waals surface area contributed by atoms with Crippen LogP contribution in [-0.4, -0.2) is 47.4 Å². The summed E-state index contributed by atoms with van der Waals surface area (Å²) in [6, 6.07) is 20.4.